The topological polar surface area (TPSA) is 72.0 Å². The van der Waals surface area contributed by atoms with Gasteiger partial charge in [0.2, 0.25) is 0 Å². The number of anilines is 1. The second-order valence-corrected chi connectivity index (χ2v) is 3.26. The number of hydrogen-bond donors (Lipinski definition) is 2. The van der Waals surface area contributed by atoms with Gasteiger partial charge in [-0.1, -0.05) is 0 Å². The van der Waals surface area contributed by atoms with Crippen molar-refractivity contribution in [1.82, 2.24) is 9.97 Å². The molecule has 4 heteroatoms. The maximum absolute atomic E-state index is 9.38. The molecule has 1 heterocycles. The van der Waals surface area contributed by atoms with E-state index in [0.717, 1.165) is 11.4 Å². The summed E-state index contributed by atoms with van der Waals surface area (Å²) >= 11 is 0. The van der Waals surface area contributed by atoms with Gasteiger partial charge in [0.1, 0.15) is 17.0 Å². The highest BCUT2D eigenvalue weighted by Crippen LogP contribution is 2.27. The Balaban J connectivity index is 2.89. The van der Waals surface area contributed by atoms with Crippen molar-refractivity contribution in [2.24, 2.45) is 0 Å². The Morgan fingerprint density at radius 1 is 1.14 bits per heavy atom. The van der Waals surface area contributed by atoms with Crippen LogP contribution in [0.4, 0.5) is 5.69 Å². The van der Waals surface area contributed by atoms with Crippen molar-refractivity contribution in [3.05, 3.63) is 23.5 Å². The summed E-state index contributed by atoms with van der Waals surface area (Å²) in [5.41, 5.74) is 8.96. The molecule has 72 valence electrons. The Bertz CT molecular complexity index is 508. The van der Waals surface area contributed by atoms with Gasteiger partial charge in [0.05, 0.1) is 16.9 Å². The SMILES string of the molecule is Cc1nc2ccc(O)c(N)c2nc1C. The first-order valence-corrected chi connectivity index (χ1v) is 4.32. The summed E-state index contributed by atoms with van der Waals surface area (Å²) in [6.07, 6.45) is 0. The van der Waals surface area contributed by atoms with Gasteiger partial charge in [-0.05, 0) is 26.0 Å². The molecule has 0 amide bonds. The minimum absolute atomic E-state index is 0.0510. The van der Waals surface area contributed by atoms with Crippen molar-refractivity contribution in [2.75, 3.05) is 5.73 Å². The molecule has 2 aromatic rings. The number of fused-ring (bicyclic) bond motifs is 1. The third-order valence-electron chi connectivity index (χ3n) is 2.26. The lowest BCUT2D eigenvalue weighted by atomic mass is 10.2. The van der Waals surface area contributed by atoms with Gasteiger partial charge in [-0.25, -0.2) is 9.97 Å². The fraction of sp³-hybridized carbons (Fsp3) is 0.200. The number of nitrogen functional groups attached to an aromatic ring is 1. The summed E-state index contributed by atoms with van der Waals surface area (Å²) in [7, 11) is 0. The summed E-state index contributed by atoms with van der Waals surface area (Å²) < 4.78 is 0. The molecule has 0 aliphatic carbocycles. The van der Waals surface area contributed by atoms with Gasteiger partial charge in [-0.3, -0.25) is 0 Å². The van der Waals surface area contributed by atoms with Crippen LogP contribution < -0.4 is 5.73 Å². The standard InChI is InChI=1S/C10H11N3O/c1-5-6(2)13-10-7(12-5)3-4-8(14)9(10)11/h3-4,14H,11H2,1-2H3. The molecule has 0 aliphatic heterocycles. The van der Waals surface area contributed by atoms with E-state index in [0.29, 0.717) is 11.0 Å². The molecule has 0 aliphatic rings. The van der Waals surface area contributed by atoms with E-state index in [1.165, 1.54) is 6.07 Å². The van der Waals surface area contributed by atoms with Gasteiger partial charge >= 0.3 is 0 Å². The first kappa shape index (κ1) is 8.74. The number of nitrogens with zero attached hydrogens (tertiary/aromatic N) is 2. The molecule has 1 aromatic heterocycles. The van der Waals surface area contributed by atoms with E-state index in [2.05, 4.69) is 9.97 Å². The van der Waals surface area contributed by atoms with E-state index in [1.54, 1.807) is 6.07 Å². The van der Waals surface area contributed by atoms with Gasteiger partial charge in [0, 0.05) is 0 Å². The lowest BCUT2D eigenvalue weighted by molar-refractivity contribution is 0.478. The van der Waals surface area contributed by atoms with Crippen LogP contribution in [0.5, 0.6) is 5.75 Å². The first-order chi connectivity index (χ1) is 6.59. The number of phenols is 1. The zero-order valence-electron chi connectivity index (χ0n) is 8.07. The predicted octanol–water partition coefficient (Wildman–Crippen LogP) is 1.53. The van der Waals surface area contributed by atoms with Gasteiger partial charge in [0.25, 0.3) is 0 Å². The lowest BCUT2D eigenvalue weighted by Gasteiger charge is -2.05. The third kappa shape index (κ3) is 1.16. The molecule has 0 radical (unpaired) electrons. The fourth-order valence-electron chi connectivity index (χ4n) is 1.30. The van der Waals surface area contributed by atoms with Crippen LogP contribution in [0.1, 0.15) is 11.4 Å². The summed E-state index contributed by atoms with van der Waals surface area (Å²) in [4.78, 5) is 8.61. The monoisotopic (exact) mass is 189 g/mol. The molecule has 0 atom stereocenters. The third-order valence-corrected chi connectivity index (χ3v) is 2.26. The largest absolute Gasteiger partial charge is 0.506 e. The highest BCUT2D eigenvalue weighted by Gasteiger charge is 2.07. The molecule has 0 spiro atoms. The van der Waals surface area contributed by atoms with Crippen molar-refractivity contribution in [1.29, 1.82) is 0 Å². The second-order valence-electron chi connectivity index (χ2n) is 3.26. The highest BCUT2D eigenvalue weighted by molar-refractivity contribution is 5.89. The summed E-state index contributed by atoms with van der Waals surface area (Å²) in [6.45, 7) is 3.76. The summed E-state index contributed by atoms with van der Waals surface area (Å²) in [6, 6.07) is 3.24. The molecule has 0 unspecified atom stereocenters. The van der Waals surface area contributed by atoms with Crippen molar-refractivity contribution in [2.45, 2.75) is 13.8 Å². The quantitative estimate of drug-likeness (QED) is 0.487. The van der Waals surface area contributed by atoms with Crippen molar-refractivity contribution in [3.63, 3.8) is 0 Å². The van der Waals surface area contributed by atoms with Gasteiger partial charge < -0.3 is 10.8 Å². The summed E-state index contributed by atoms with van der Waals surface area (Å²) in [5, 5.41) is 9.38. The molecule has 0 fully saturated rings. The molecular formula is C10H11N3O. The minimum Gasteiger partial charge on any atom is -0.506 e. The van der Waals surface area contributed by atoms with Crippen molar-refractivity contribution >= 4 is 16.7 Å². The number of nitrogens with two attached hydrogens (primary N) is 1. The zero-order chi connectivity index (χ0) is 10.3. The Morgan fingerprint density at radius 2 is 1.79 bits per heavy atom. The van der Waals surface area contributed by atoms with Crippen LogP contribution in [0.3, 0.4) is 0 Å². The number of aromatic nitrogens is 2. The lowest BCUT2D eigenvalue weighted by Crippen LogP contribution is -1.97. The molecule has 1 aromatic carbocycles. The molecular weight excluding hydrogens is 178 g/mol. The van der Waals surface area contributed by atoms with E-state index in [9.17, 15) is 5.11 Å². The molecule has 0 bridgehead atoms. The highest BCUT2D eigenvalue weighted by atomic mass is 16.3. The van der Waals surface area contributed by atoms with Gasteiger partial charge in [0.15, 0.2) is 0 Å². The van der Waals surface area contributed by atoms with Gasteiger partial charge in [-0.15, -0.1) is 0 Å². The number of aryl methyl sites for hydroxylation is 2. The van der Waals surface area contributed by atoms with Crippen LogP contribution in [0.25, 0.3) is 11.0 Å². The maximum atomic E-state index is 9.38. The summed E-state index contributed by atoms with van der Waals surface area (Å²) in [5.74, 6) is 0.0510. The molecule has 4 nitrogen and oxygen atoms in total. The Labute approximate surface area is 81.4 Å². The Kier molecular flexibility index (Phi) is 1.77. The fourth-order valence-corrected chi connectivity index (χ4v) is 1.30. The number of benzene rings is 1. The average Bonchev–Trinajstić information content (AvgIpc) is 2.15. The number of rotatable bonds is 0. The number of hydrogen-bond acceptors (Lipinski definition) is 4. The van der Waals surface area contributed by atoms with Crippen LogP contribution in [0, 0.1) is 13.8 Å². The predicted molar refractivity (Wildman–Crippen MR) is 55.1 cm³/mol. The molecule has 0 saturated carbocycles. The zero-order valence-corrected chi connectivity index (χ0v) is 8.07. The maximum Gasteiger partial charge on any atom is 0.140 e. The molecule has 14 heavy (non-hydrogen) atoms. The van der Waals surface area contributed by atoms with E-state index in [4.69, 9.17) is 5.73 Å². The number of aromatic hydroxyl groups is 1. The van der Waals surface area contributed by atoms with E-state index < -0.39 is 0 Å². The average molecular weight is 189 g/mol. The second kappa shape index (κ2) is 2.83. The Hall–Kier alpha value is -1.84. The van der Waals surface area contributed by atoms with Crippen LogP contribution in [0.2, 0.25) is 0 Å². The van der Waals surface area contributed by atoms with Crippen molar-refractivity contribution < 1.29 is 5.11 Å². The van der Waals surface area contributed by atoms with Crippen LogP contribution >= 0.6 is 0 Å². The number of phenolic OH excluding ortho intramolecular Hbond substituents is 1. The van der Waals surface area contributed by atoms with Crippen LogP contribution in [-0.2, 0) is 0 Å². The minimum atomic E-state index is 0.0510. The first-order valence-electron chi connectivity index (χ1n) is 4.32. The smallest absolute Gasteiger partial charge is 0.140 e. The van der Waals surface area contributed by atoms with Crippen LogP contribution in [0.15, 0.2) is 12.1 Å². The Morgan fingerprint density at radius 3 is 2.50 bits per heavy atom. The van der Waals surface area contributed by atoms with E-state index >= 15 is 0 Å². The van der Waals surface area contributed by atoms with E-state index in [-0.39, 0.29) is 11.4 Å². The van der Waals surface area contributed by atoms with Crippen molar-refractivity contribution in [3.8, 4) is 5.75 Å². The van der Waals surface area contributed by atoms with Gasteiger partial charge in [-0.2, -0.15) is 0 Å². The molecule has 2 rings (SSSR count). The van der Waals surface area contributed by atoms with Crippen LogP contribution in [-0.4, -0.2) is 15.1 Å². The van der Waals surface area contributed by atoms with E-state index in [1.807, 2.05) is 13.8 Å². The molecule has 3 N–H and O–H groups in total. The molecule has 0 saturated heterocycles. The normalized spacial score (nSPS) is 10.7.